The molecular formula is C17H23BrN2O2. The molecule has 0 saturated carbocycles. The smallest absolute Gasteiger partial charge is 0.246 e. The van der Waals surface area contributed by atoms with Crippen molar-refractivity contribution in [3.63, 3.8) is 0 Å². The first-order chi connectivity index (χ1) is 10.6. The first-order valence-corrected chi connectivity index (χ1v) is 8.43. The van der Waals surface area contributed by atoms with Crippen molar-refractivity contribution in [2.24, 2.45) is 0 Å². The molecule has 1 amide bonds. The number of nitrogens with zero attached hydrogens (tertiary/aromatic N) is 2. The third-order valence-corrected chi connectivity index (χ3v) is 4.89. The van der Waals surface area contributed by atoms with Crippen molar-refractivity contribution in [1.82, 2.24) is 9.80 Å². The Labute approximate surface area is 140 Å². The Morgan fingerprint density at radius 1 is 1.41 bits per heavy atom. The number of carbonyl (C=O) groups excluding carboxylic acids is 1. The Balaban J connectivity index is 1.86. The molecule has 0 radical (unpaired) electrons. The number of halogens is 1. The summed E-state index contributed by atoms with van der Waals surface area (Å²) in [7, 11) is 2.03. The molecule has 5 heteroatoms. The van der Waals surface area contributed by atoms with Crippen molar-refractivity contribution in [1.29, 1.82) is 0 Å². The molecule has 22 heavy (non-hydrogen) atoms. The highest BCUT2D eigenvalue weighted by Gasteiger charge is 2.23. The minimum absolute atomic E-state index is 0.0685. The third kappa shape index (κ3) is 4.66. The predicted octanol–water partition coefficient (Wildman–Crippen LogP) is 2.38. The van der Waals surface area contributed by atoms with Crippen LogP contribution in [0.4, 0.5) is 0 Å². The molecule has 1 aromatic carbocycles. The van der Waals surface area contributed by atoms with Crippen LogP contribution in [0.25, 0.3) is 6.08 Å². The first-order valence-electron chi connectivity index (χ1n) is 7.64. The van der Waals surface area contributed by atoms with E-state index in [2.05, 4.69) is 20.8 Å². The normalized spacial score (nSPS) is 16.6. The van der Waals surface area contributed by atoms with Crippen LogP contribution < -0.4 is 0 Å². The molecule has 1 aliphatic heterocycles. The van der Waals surface area contributed by atoms with E-state index in [0.29, 0.717) is 12.6 Å². The lowest BCUT2D eigenvalue weighted by molar-refractivity contribution is -0.127. The molecule has 1 heterocycles. The lowest BCUT2D eigenvalue weighted by Crippen LogP contribution is -2.45. The van der Waals surface area contributed by atoms with E-state index in [-0.39, 0.29) is 12.5 Å². The van der Waals surface area contributed by atoms with E-state index in [0.717, 1.165) is 36.0 Å². The predicted molar refractivity (Wildman–Crippen MR) is 92.5 cm³/mol. The summed E-state index contributed by atoms with van der Waals surface area (Å²) in [5, 5.41) is 8.99. The van der Waals surface area contributed by atoms with E-state index in [9.17, 15) is 4.79 Å². The molecule has 0 unspecified atom stereocenters. The monoisotopic (exact) mass is 366 g/mol. The van der Waals surface area contributed by atoms with Gasteiger partial charge in [-0.25, -0.2) is 0 Å². The molecule has 0 aliphatic carbocycles. The number of rotatable bonds is 5. The molecule has 1 aromatic rings. The highest BCUT2D eigenvalue weighted by atomic mass is 79.9. The maximum atomic E-state index is 12.3. The second-order valence-corrected chi connectivity index (χ2v) is 6.47. The second kappa shape index (κ2) is 8.46. The van der Waals surface area contributed by atoms with Crippen LogP contribution in [0.3, 0.4) is 0 Å². The van der Waals surface area contributed by atoms with Crippen LogP contribution in [-0.4, -0.2) is 60.1 Å². The van der Waals surface area contributed by atoms with Gasteiger partial charge in [0.05, 0.1) is 6.61 Å². The molecule has 0 bridgehead atoms. The van der Waals surface area contributed by atoms with Gasteiger partial charge in [-0.1, -0.05) is 34.1 Å². The van der Waals surface area contributed by atoms with E-state index in [1.807, 2.05) is 42.3 Å². The summed E-state index contributed by atoms with van der Waals surface area (Å²) in [5.41, 5.74) is 1.01. The van der Waals surface area contributed by atoms with Gasteiger partial charge in [0.2, 0.25) is 5.91 Å². The average molecular weight is 367 g/mol. The van der Waals surface area contributed by atoms with Crippen LogP contribution >= 0.6 is 15.9 Å². The number of likely N-dealkylation sites (N-methyl/N-ethyl adjacent to an activating group) is 1. The highest BCUT2D eigenvalue weighted by molar-refractivity contribution is 9.10. The van der Waals surface area contributed by atoms with Gasteiger partial charge in [0.25, 0.3) is 0 Å². The Morgan fingerprint density at radius 3 is 2.73 bits per heavy atom. The Bertz CT molecular complexity index is 525. The van der Waals surface area contributed by atoms with Gasteiger partial charge in [-0.15, -0.1) is 0 Å². The molecule has 0 spiro atoms. The first kappa shape index (κ1) is 17.2. The summed E-state index contributed by atoms with van der Waals surface area (Å²) < 4.78 is 0.989. The van der Waals surface area contributed by atoms with Gasteiger partial charge in [0.1, 0.15) is 0 Å². The van der Waals surface area contributed by atoms with Gasteiger partial charge in [0, 0.05) is 36.2 Å². The van der Waals surface area contributed by atoms with Crippen molar-refractivity contribution in [2.45, 2.75) is 18.9 Å². The molecule has 1 aliphatic rings. The molecular weight excluding hydrogens is 344 g/mol. The van der Waals surface area contributed by atoms with Gasteiger partial charge in [0.15, 0.2) is 0 Å². The fourth-order valence-corrected chi connectivity index (χ4v) is 3.16. The molecule has 4 nitrogen and oxygen atoms in total. The topological polar surface area (TPSA) is 43.8 Å². The number of piperidine rings is 1. The number of benzene rings is 1. The molecule has 1 saturated heterocycles. The van der Waals surface area contributed by atoms with E-state index in [1.165, 1.54) is 0 Å². The maximum Gasteiger partial charge on any atom is 0.246 e. The van der Waals surface area contributed by atoms with Crippen LogP contribution in [0.1, 0.15) is 18.4 Å². The number of hydrogen-bond donors (Lipinski definition) is 1. The Morgan fingerprint density at radius 2 is 2.09 bits per heavy atom. The fraction of sp³-hybridized carbons (Fsp3) is 0.471. The van der Waals surface area contributed by atoms with Crippen LogP contribution in [0.15, 0.2) is 34.8 Å². The lowest BCUT2D eigenvalue weighted by atomic mass is 10.0. The molecule has 2 rings (SSSR count). The zero-order valence-electron chi connectivity index (χ0n) is 12.9. The standard InChI is InChI=1S/C17H23BrN2O2/c1-19(12-13-21)15-8-10-20(11-9-15)17(22)7-6-14-4-2-3-5-16(14)18/h2-7,15,21H,8-13H2,1H3. The van der Waals surface area contributed by atoms with Crippen molar-refractivity contribution in [2.75, 3.05) is 33.3 Å². The van der Waals surface area contributed by atoms with Crippen LogP contribution in [0.2, 0.25) is 0 Å². The molecule has 0 atom stereocenters. The summed E-state index contributed by atoms with van der Waals surface area (Å²) in [6.07, 6.45) is 5.43. The minimum atomic E-state index is 0.0685. The van der Waals surface area contributed by atoms with Gasteiger partial charge in [-0.05, 0) is 37.6 Å². The zero-order valence-corrected chi connectivity index (χ0v) is 14.5. The van der Waals surface area contributed by atoms with E-state index in [4.69, 9.17) is 5.11 Å². The van der Waals surface area contributed by atoms with Gasteiger partial charge in [-0.2, -0.15) is 0 Å². The third-order valence-electron chi connectivity index (χ3n) is 4.16. The molecule has 1 N–H and O–H groups in total. The van der Waals surface area contributed by atoms with E-state index in [1.54, 1.807) is 6.08 Å². The SMILES string of the molecule is CN(CCO)C1CCN(C(=O)C=Cc2ccccc2Br)CC1. The number of amides is 1. The van der Waals surface area contributed by atoms with E-state index < -0.39 is 0 Å². The summed E-state index contributed by atoms with van der Waals surface area (Å²) in [5.74, 6) is 0.0685. The summed E-state index contributed by atoms with van der Waals surface area (Å²) in [6, 6.07) is 8.31. The molecule has 1 fully saturated rings. The van der Waals surface area contributed by atoms with Crippen molar-refractivity contribution < 1.29 is 9.90 Å². The number of likely N-dealkylation sites (tertiary alicyclic amines) is 1. The quantitative estimate of drug-likeness (QED) is 0.813. The van der Waals surface area contributed by atoms with Crippen molar-refractivity contribution in [3.05, 3.63) is 40.4 Å². The van der Waals surface area contributed by atoms with Gasteiger partial charge in [-0.3, -0.25) is 4.79 Å². The number of carbonyl (C=O) groups is 1. The van der Waals surface area contributed by atoms with Gasteiger partial charge >= 0.3 is 0 Å². The Kier molecular flexibility index (Phi) is 6.61. The van der Waals surface area contributed by atoms with Crippen molar-refractivity contribution >= 4 is 27.9 Å². The second-order valence-electron chi connectivity index (χ2n) is 5.62. The average Bonchev–Trinajstić information content (AvgIpc) is 2.54. The summed E-state index contributed by atoms with van der Waals surface area (Å²) >= 11 is 3.48. The molecule has 0 aromatic heterocycles. The summed E-state index contributed by atoms with van der Waals surface area (Å²) in [6.45, 7) is 2.43. The fourth-order valence-electron chi connectivity index (χ4n) is 2.74. The zero-order chi connectivity index (χ0) is 15.9. The van der Waals surface area contributed by atoms with Crippen LogP contribution in [-0.2, 0) is 4.79 Å². The minimum Gasteiger partial charge on any atom is -0.395 e. The Hall–Kier alpha value is -1.17. The number of aliphatic hydroxyl groups excluding tert-OH is 1. The number of hydrogen-bond acceptors (Lipinski definition) is 3. The van der Waals surface area contributed by atoms with Gasteiger partial charge < -0.3 is 14.9 Å². The van der Waals surface area contributed by atoms with Crippen LogP contribution in [0, 0.1) is 0 Å². The summed E-state index contributed by atoms with van der Waals surface area (Å²) in [4.78, 5) is 16.3. The number of aliphatic hydroxyl groups is 1. The highest BCUT2D eigenvalue weighted by Crippen LogP contribution is 2.18. The van der Waals surface area contributed by atoms with Crippen LogP contribution in [0.5, 0.6) is 0 Å². The lowest BCUT2D eigenvalue weighted by Gasteiger charge is -2.36. The van der Waals surface area contributed by atoms with E-state index >= 15 is 0 Å². The van der Waals surface area contributed by atoms with Crippen molar-refractivity contribution in [3.8, 4) is 0 Å². The molecule has 120 valence electrons. The maximum absolute atomic E-state index is 12.3. The largest absolute Gasteiger partial charge is 0.395 e.